The van der Waals surface area contributed by atoms with Crippen LogP contribution in [0.2, 0.25) is 0 Å². The number of amides is 1. The van der Waals surface area contributed by atoms with Crippen molar-refractivity contribution in [3.63, 3.8) is 0 Å². The van der Waals surface area contributed by atoms with E-state index in [1.54, 1.807) is 11.8 Å². The van der Waals surface area contributed by atoms with Gasteiger partial charge in [-0.3, -0.25) is 9.59 Å². The van der Waals surface area contributed by atoms with Crippen LogP contribution in [0.5, 0.6) is 0 Å². The highest BCUT2D eigenvalue weighted by Gasteiger charge is 2.09. The summed E-state index contributed by atoms with van der Waals surface area (Å²) in [6.07, 6.45) is 1.43. The lowest BCUT2D eigenvalue weighted by Crippen LogP contribution is -2.34. The molecule has 0 aliphatic carbocycles. The molecule has 0 saturated heterocycles. The number of carbonyl (C=O) groups excluding carboxylic acids is 1. The van der Waals surface area contributed by atoms with Gasteiger partial charge in [0.05, 0.1) is 5.56 Å². The van der Waals surface area contributed by atoms with E-state index in [0.29, 0.717) is 5.56 Å². The van der Waals surface area contributed by atoms with Gasteiger partial charge in [0.15, 0.2) is 0 Å². The maximum absolute atomic E-state index is 11.7. The quantitative estimate of drug-likeness (QED) is 0.814. The minimum absolute atomic E-state index is 0.129. The Morgan fingerprint density at radius 2 is 2.31 bits per heavy atom. The number of hydrogen-bond acceptors (Lipinski definition) is 3. The number of thioether (sulfide) groups is 1. The van der Waals surface area contributed by atoms with Gasteiger partial charge in [0.25, 0.3) is 5.91 Å². The molecule has 0 fully saturated rings. The summed E-state index contributed by atoms with van der Waals surface area (Å²) in [5, 5.41) is 2.87. The zero-order chi connectivity index (χ0) is 12.0. The molecule has 1 unspecified atom stereocenters. The van der Waals surface area contributed by atoms with Crippen molar-refractivity contribution < 1.29 is 4.79 Å². The number of carbonyl (C=O) groups is 1. The predicted octanol–water partition coefficient (Wildman–Crippen LogP) is 1.25. The maximum Gasteiger partial charge on any atom is 0.252 e. The monoisotopic (exact) mass is 240 g/mol. The van der Waals surface area contributed by atoms with Gasteiger partial charge in [-0.25, -0.2) is 0 Å². The van der Waals surface area contributed by atoms with Gasteiger partial charge in [-0.2, -0.15) is 11.8 Å². The standard InChI is InChI=1S/C11H16N2O2S/c1-3-16-7-8(2)13-11(15)9-4-5-10(14)12-6-9/h4-6,8H,3,7H2,1-2H3,(H,12,14)(H,13,15). The average molecular weight is 240 g/mol. The normalized spacial score (nSPS) is 12.1. The van der Waals surface area contributed by atoms with Crippen LogP contribution in [0.25, 0.3) is 0 Å². The van der Waals surface area contributed by atoms with E-state index < -0.39 is 0 Å². The molecule has 16 heavy (non-hydrogen) atoms. The van der Waals surface area contributed by atoms with Crippen LogP contribution in [0.3, 0.4) is 0 Å². The van der Waals surface area contributed by atoms with Crippen molar-refractivity contribution in [3.8, 4) is 0 Å². The van der Waals surface area contributed by atoms with Crippen molar-refractivity contribution in [3.05, 3.63) is 34.2 Å². The third kappa shape index (κ3) is 4.10. The highest BCUT2D eigenvalue weighted by molar-refractivity contribution is 7.99. The molecule has 0 bridgehead atoms. The molecule has 0 aromatic carbocycles. The number of H-pyrrole nitrogens is 1. The van der Waals surface area contributed by atoms with Crippen LogP contribution in [0.1, 0.15) is 24.2 Å². The Morgan fingerprint density at radius 3 is 2.88 bits per heavy atom. The van der Waals surface area contributed by atoms with Gasteiger partial charge in [0, 0.05) is 24.1 Å². The van der Waals surface area contributed by atoms with E-state index in [-0.39, 0.29) is 17.5 Å². The fourth-order valence-electron chi connectivity index (χ4n) is 1.20. The molecule has 0 aliphatic rings. The SMILES string of the molecule is CCSCC(C)NC(=O)c1ccc(=O)[nH]c1. The number of pyridine rings is 1. The lowest BCUT2D eigenvalue weighted by molar-refractivity contribution is 0.0943. The first-order valence-electron chi connectivity index (χ1n) is 5.21. The third-order valence-electron chi connectivity index (χ3n) is 2.00. The molecule has 1 heterocycles. The van der Waals surface area contributed by atoms with Crippen LogP contribution in [-0.4, -0.2) is 28.4 Å². The summed E-state index contributed by atoms with van der Waals surface area (Å²) < 4.78 is 0. The molecule has 1 aromatic rings. The molecule has 1 atom stereocenters. The maximum atomic E-state index is 11.7. The molecule has 1 amide bonds. The van der Waals surface area contributed by atoms with Crippen LogP contribution in [0.4, 0.5) is 0 Å². The fraction of sp³-hybridized carbons (Fsp3) is 0.455. The number of rotatable bonds is 5. The van der Waals surface area contributed by atoms with Crippen LogP contribution in [0, 0.1) is 0 Å². The first-order valence-corrected chi connectivity index (χ1v) is 6.36. The van der Waals surface area contributed by atoms with Crippen molar-refractivity contribution in [2.75, 3.05) is 11.5 Å². The molecular formula is C11H16N2O2S. The van der Waals surface area contributed by atoms with Crippen LogP contribution < -0.4 is 10.9 Å². The van der Waals surface area contributed by atoms with E-state index in [0.717, 1.165) is 11.5 Å². The second kappa shape index (κ2) is 6.37. The van der Waals surface area contributed by atoms with E-state index >= 15 is 0 Å². The number of hydrogen-bond donors (Lipinski definition) is 2. The molecule has 5 heteroatoms. The summed E-state index contributed by atoms with van der Waals surface area (Å²) in [4.78, 5) is 25.0. The first kappa shape index (κ1) is 12.8. The van der Waals surface area contributed by atoms with Crippen LogP contribution in [0.15, 0.2) is 23.1 Å². The minimum atomic E-state index is -0.203. The molecular weight excluding hydrogens is 224 g/mol. The molecule has 88 valence electrons. The van der Waals surface area contributed by atoms with Gasteiger partial charge in [0.2, 0.25) is 5.56 Å². The minimum Gasteiger partial charge on any atom is -0.349 e. The lowest BCUT2D eigenvalue weighted by atomic mass is 10.2. The average Bonchev–Trinajstić information content (AvgIpc) is 2.27. The predicted molar refractivity (Wildman–Crippen MR) is 67.0 cm³/mol. The zero-order valence-corrected chi connectivity index (χ0v) is 10.3. The molecule has 2 N–H and O–H groups in total. The van der Waals surface area contributed by atoms with E-state index in [1.165, 1.54) is 18.3 Å². The fourth-order valence-corrected chi connectivity index (χ4v) is 1.87. The number of aromatic nitrogens is 1. The smallest absolute Gasteiger partial charge is 0.252 e. The molecule has 1 aromatic heterocycles. The van der Waals surface area contributed by atoms with E-state index in [4.69, 9.17) is 0 Å². The van der Waals surface area contributed by atoms with Gasteiger partial charge >= 0.3 is 0 Å². The summed E-state index contributed by atoms with van der Waals surface area (Å²) in [6.45, 7) is 4.05. The van der Waals surface area contributed by atoms with Gasteiger partial charge < -0.3 is 10.3 Å². The van der Waals surface area contributed by atoms with Gasteiger partial charge in [-0.1, -0.05) is 6.92 Å². The Labute approximate surface area is 98.8 Å². The Kier molecular flexibility index (Phi) is 5.11. The molecule has 4 nitrogen and oxygen atoms in total. The van der Waals surface area contributed by atoms with E-state index in [2.05, 4.69) is 17.2 Å². The van der Waals surface area contributed by atoms with Gasteiger partial charge in [-0.05, 0) is 18.7 Å². The van der Waals surface area contributed by atoms with Crippen molar-refractivity contribution in [1.29, 1.82) is 0 Å². The summed E-state index contributed by atoms with van der Waals surface area (Å²) in [6, 6.07) is 3.00. The highest BCUT2D eigenvalue weighted by Crippen LogP contribution is 2.02. The molecule has 0 saturated carbocycles. The molecule has 0 radical (unpaired) electrons. The van der Waals surface area contributed by atoms with E-state index in [1.807, 2.05) is 6.92 Å². The van der Waals surface area contributed by atoms with Crippen molar-refractivity contribution >= 4 is 17.7 Å². The van der Waals surface area contributed by atoms with Crippen LogP contribution in [-0.2, 0) is 0 Å². The Morgan fingerprint density at radius 1 is 1.56 bits per heavy atom. The van der Waals surface area contributed by atoms with Crippen molar-refractivity contribution in [1.82, 2.24) is 10.3 Å². The Balaban J connectivity index is 2.52. The topological polar surface area (TPSA) is 62.0 Å². The lowest BCUT2D eigenvalue weighted by Gasteiger charge is -2.12. The number of nitrogens with one attached hydrogen (secondary N) is 2. The second-order valence-corrected chi connectivity index (χ2v) is 4.79. The second-order valence-electron chi connectivity index (χ2n) is 3.48. The first-order chi connectivity index (χ1) is 7.63. The summed E-state index contributed by atoms with van der Waals surface area (Å²) in [5.74, 6) is 1.78. The Bertz CT molecular complexity index is 383. The highest BCUT2D eigenvalue weighted by atomic mass is 32.2. The molecule has 0 spiro atoms. The molecule has 1 rings (SSSR count). The van der Waals surface area contributed by atoms with Crippen LogP contribution >= 0.6 is 11.8 Å². The van der Waals surface area contributed by atoms with E-state index in [9.17, 15) is 9.59 Å². The Hall–Kier alpha value is -1.23. The number of aromatic amines is 1. The van der Waals surface area contributed by atoms with Crippen molar-refractivity contribution in [2.24, 2.45) is 0 Å². The summed E-state index contributed by atoms with van der Waals surface area (Å²) in [7, 11) is 0. The summed E-state index contributed by atoms with van der Waals surface area (Å²) in [5.41, 5.74) is 0.277. The third-order valence-corrected chi connectivity index (χ3v) is 3.14. The van der Waals surface area contributed by atoms with Crippen molar-refractivity contribution in [2.45, 2.75) is 19.9 Å². The van der Waals surface area contributed by atoms with Gasteiger partial charge in [0.1, 0.15) is 0 Å². The zero-order valence-electron chi connectivity index (χ0n) is 9.45. The summed E-state index contributed by atoms with van der Waals surface area (Å²) >= 11 is 1.78. The molecule has 0 aliphatic heterocycles. The largest absolute Gasteiger partial charge is 0.349 e. The van der Waals surface area contributed by atoms with Gasteiger partial charge in [-0.15, -0.1) is 0 Å².